The van der Waals surface area contributed by atoms with Crippen molar-refractivity contribution in [3.8, 4) is 0 Å². The van der Waals surface area contributed by atoms with Gasteiger partial charge in [-0.3, -0.25) is 4.79 Å². The number of sulfonamides is 1. The maximum absolute atomic E-state index is 13.3. The van der Waals surface area contributed by atoms with Crippen molar-refractivity contribution in [1.29, 1.82) is 0 Å². The lowest BCUT2D eigenvalue weighted by molar-refractivity contribution is -0.120. The first-order valence-corrected chi connectivity index (χ1v) is 11.5. The average molecular weight is 481 g/mol. The van der Waals surface area contributed by atoms with Crippen molar-refractivity contribution in [2.24, 2.45) is 0 Å². The standard InChI is InChI=1S/C22H19Cl2FN2O3S/c23-20-8-7-15(11-21(20)24)12-22(28)26-13-17-4-2-6-19(10-17)31(29,30)27-14-16-3-1-5-18(25)9-16/h1-11,27H,12-14H2,(H,26,28). The van der Waals surface area contributed by atoms with Crippen molar-refractivity contribution in [3.05, 3.63) is 99.3 Å². The SMILES string of the molecule is O=C(Cc1ccc(Cl)c(Cl)c1)NCc1cccc(S(=O)(=O)NCc2cccc(F)c2)c1. The highest BCUT2D eigenvalue weighted by molar-refractivity contribution is 7.89. The van der Waals surface area contributed by atoms with Crippen LogP contribution in [0, 0.1) is 5.82 Å². The fourth-order valence-electron chi connectivity index (χ4n) is 2.83. The van der Waals surface area contributed by atoms with Crippen LogP contribution in [0.25, 0.3) is 0 Å². The van der Waals surface area contributed by atoms with E-state index in [4.69, 9.17) is 23.2 Å². The van der Waals surface area contributed by atoms with Crippen molar-refractivity contribution >= 4 is 39.1 Å². The topological polar surface area (TPSA) is 75.3 Å². The second-order valence-electron chi connectivity index (χ2n) is 6.80. The molecule has 0 atom stereocenters. The van der Waals surface area contributed by atoms with Crippen LogP contribution in [0.5, 0.6) is 0 Å². The van der Waals surface area contributed by atoms with Gasteiger partial charge < -0.3 is 5.32 Å². The summed E-state index contributed by atoms with van der Waals surface area (Å²) in [5, 5.41) is 3.54. The van der Waals surface area contributed by atoms with Gasteiger partial charge in [0.05, 0.1) is 21.4 Å². The molecule has 0 radical (unpaired) electrons. The normalized spacial score (nSPS) is 11.3. The Morgan fingerprint density at radius 1 is 0.839 bits per heavy atom. The molecule has 5 nitrogen and oxygen atoms in total. The van der Waals surface area contributed by atoms with Crippen molar-refractivity contribution in [3.63, 3.8) is 0 Å². The summed E-state index contributed by atoms with van der Waals surface area (Å²) in [6.07, 6.45) is 0.115. The molecule has 0 aliphatic carbocycles. The van der Waals surface area contributed by atoms with Gasteiger partial charge >= 0.3 is 0 Å². The van der Waals surface area contributed by atoms with Crippen LogP contribution in [-0.2, 0) is 34.3 Å². The van der Waals surface area contributed by atoms with Gasteiger partial charge in [0.2, 0.25) is 15.9 Å². The van der Waals surface area contributed by atoms with Crippen LogP contribution < -0.4 is 10.0 Å². The Bertz CT molecular complexity index is 1200. The van der Waals surface area contributed by atoms with Gasteiger partial charge in [0.25, 0.3) is 0 Å². The quantitative estimate of drug-likeness (QED) is 0.499. The lowest BCUT2D eigenvalue weighted by Crippen LogP contribution is -2.25. The Balaban J connectivity index is 1.59. The van der Waals surface area contributed by atoms with Gasteiger partial charge in [-0.25, -0.2) is 17.5 Å². The zero-order valence-electron chi connectivity index (χ0n) is 16.2. The van der Waals surface area contributed by atoms with Crippen LogP contribution in [0.15, 0.2) is 71.6 Å². The molecule has 0 aliphatic rings. The molecule has 31 heavy (non-hydrogen) atoms. The molecule has 162 valence electrons. The van der Waals surface area contributed by atoms with Gasteiger partial charge in [0.1, 0.15) is 5.82 Å². The van der Waals surface area contributed by atoms with E-state index in [1.54, 1.807) is 36.4 Å². The van der Waals surface area contributed by atoms with E-state index in [1.165, 1.54) is 30.3 Å². The van der Waals surface area contributed by atoms with Gasteiger partial charge in [0, 0.05) is 13.1 Å². The monoisotopic (exact) mass is 480 g/mol. The number of benzene rings is 3. The molecule has 0 unspecified atom stereocenters. The number of carbonyl (C=O) groups is 1. The highest BCUT2D eigenvalue weighted by Gasteiger charge is 2.15. The van der Waals surface area contributed by atoms with E-state index in [2.05, 4.69) is 10.0 Å². The Hall–Kier alpha value is -2.45. The molecule has 1 amide bonds. The molecule has 3 rings (SSSR count). The molecule has 2 N–H and O–H groups in total. The van der Waals surface area contributed by atoms with Gasteiger partial charge in [-0.2, -0.15) is 0 Å². The van der Waals surface area contributed by atoms with E-state index in [1.807, 2.05) is 0 Å². The smallest absolute Gasteiger partial charge is 0.240 e. The largest absolute Gasteiger partial charge is 0.352 e. The molecule has 3 aromatic carbocycles. The van der Waals surface area contributed by atoms with E-state index in [0.717, 1.165) is 0 Å². The second kappa shape index (κ2) is 10.2. The average Bonchev–Trinajstić information content (AvgIpc) is 2.74. The zero-order chi connectivity index (χ0) is 22.4. The minimum Gasteiger partial charge on any atom is -0.352 e. The summed E-state index contributed by atoms with van der Waals surface area (Å²) in [5.41, 5.74) is 1.84. The fraction of sp³-hybridized carbons (Fsp3) is 0.136. The van der Waals surface area contributed by atoms with Crippen LogP contribution in [0.2, 0.25) is 10.0 Å². The number of nitrogens with one attached hydrogen (secondary N) is 2. The Labute approximate surface area is 190 Å². The Kier molecular flexibility index (Phi) is 7.67. The molecular formula is C22H19Cl2FN2O3S. The van der Waals surface area contributed by atoms with Crippen molar-refractivity contribution < 1.29 is 17.6 Å². The fourth-order valence-corrected chi connectivity index (χ4v) is 4.24. The third-order valence-corrected chi connectivity index (χ3v) is 6.54. The molecule has 0 aliphatic heterocycles. The summed E-state index contributed by atoms with van der Waals surface area (Å²) < 4.78 is 40.8. The van der Waals surface area contributed by atoms with E-state index >= 15 is 0 Å². The third kappa shape index (κ3) is 6.77. The predicted octanol–water partition coefficient (Wildman–Crippen LogP) is 4.47. The van der Waals surface area contributed by atoms with E-state index in [9.17, 15) is 17.6 Å². The van der Waals surface area contributed by atoms with Crippen molar-refractivity contribution in [2.45, 2.75) is 24.4 Å². The second-order valence-corrected chi connectivity index (χ2v) is 9.39. The number of amides is 1. The van der Waals surface area contributed by atoms with Gasteiger partial charge in [0.15, 0.2) is 0 Å². The molecule has 0 heterocycles. The van der Waals surface area contributed by atoms with Gasteiger partial charge in [-0.15, -0.1) is 0 Å². The summed E-state index contributed by atoms with van der Waals surface area (Å²) in [6.45, 7) is 0.123. The van der Waals surface area contributed by atoms with E-state index < -0.39 is 15.8 Å². The summed E-state index contributed by atoms with van der Waals surface area (Å²) >= 11 is 11.8. The Morgan fingerprint density at radius 2 is 1.55 bits per heavy atom. The van der Waals surface area contributed by atoms with E-state index in [-0.39, 0.29) is 30.3 Å². The molecule has 0 saturated heterocycles. The first kappa shape index (κ1) is 23.2. The lowest BCUT2D eigenvalue weighted by Gasteiger charge is -2.10. The number of carbonyl (C=O) groups excluding carboxylic acids is 1. The zero-order valence-corrected chi connectivity index (χ0v) is 18.6. The molecular weight excluding hydrogens is 462 g/mol. The minimum atomic E-state index is -3.80. The predicted molar refractivity (Wildman–Crippen MR) is 119 cm³/mol. The van der Waals surface area contributed by atoms with Crippen molar-refractivity contribution in [2.75, 3.05) is 0 Å². The Morgan fingerprint density at radius 3 is 2.26 bits per heavy atom. The lowest BCUT2D eigenvalue weighted by atomic mass is 10.1. The van der Waals surface area contributed by atoms with Crippen LogP contribution in [-0.4, -0.2) is 14.3 Å². The van der Waals surface area contributed by atoms with E-state index in [0.29, 0.717) is 26.7 Å². The van der Waals surface area contributed by atoms with Crippen molar-refractivity contribution in [1.82, 2.24) is 10.0 Å². The molecule has 0 saturated carbocycles. The van der Waals surface area contributed by atoms with Crippen LogP contribution >= 0.6 is 23.2 Å². The highest BCUT2D eigenvalue weighted by Crippen LogP contribution is 2.22. The number of halogens is 3. The molecule has 9 heteroatoms. The van der Waals surface area contributed by atoms with Crippen LogP contribution in [0.1, 0.15) is 16.7 Å². The summed E-state index contributed by atoms with van der Waals surface area (Å²) in [5.74, 6) is -0.675. The van der Waals surface area contributed by atoms with Gasteiger partial charge in [-0.05, 0) is 53.1 Å². The summed E-state index contributed by atoms with van der Waals surface area (Å²) in [7, 11) is -3.80. The maximum Gasteiger partial charge on any atom is 0.240 e. The highest BCUT2D eigenvalue weighted by atomic mass is 35.5. The minimum absolute atomic E-state index is 0.0370. The number of hydrogen-bond acceptors (Lipinski definition) is 3. The maximum atomic E-state index is 13.3. The summed E-state index contributed by atoms with van der Waals surface area (Å²) in [6, 6.07) is 16.9. The van der Waals surface area contributed by atoms with Crippen LogP contribution in [0.4, 0.5) is 4.39 Å². The molecule has 0 bridgehead atoms. The summed E-state index contributed by atoms with van der Waals surface area (Å²) in [4.78, 5) is 12.3. The molecule has 0 fully saturated rings. The number of hydrogen-bond donors (Lipinski definition) is 2. The van der Waals surface area contributed by atoms with Gasteiger partial charge in [-0.1, -0.05) is 53.5 Å². The van der Waals surface area contributed by atoms with Crippen LogP contribution in [0.3, 0.4) is 0 Å². The number of rotatable bonds is 8. The third-order valence-electron chi connectivity index (χ3n) is 4.40. The molecule has 0 aromatic heterocycles. The molecule has 3 aromatic rings. The first-order chi connectivity index (χ1) is 14.7. The molecule has 0 spiro atoms. The first-order valence-electron chi connectivity index (χ1n) is 9.26.